The monoisotopic (exact) mass is 371 g/mol. The molecule has 3 aromatic rings. The van der Waals surface area contributed by atoms with Gasteiger partial charge in [-0.3, -0.25) is 4.79 Å². The zero-order valence-electron chi connectivity index (χ0n) is 14.9. The van der Waals surface area contributed by atoms with Crippen LogP contribution in [0, 0.1) is 13.8 Å². The maximum atomic E-state index is 12.3. The fourth-order valence-electron chi connectivity index (χ4n) is 2.81. The van der Waals surface area contributed by atoms with Gasteiger partial charge in [0.15, 0.2) is 0 Å². The predicted octanol–water partition coefficient (Wildman–Crippen LogP) is 4.02. The molecule has 0 radical (unpaired) electrons. The van der Waals surface area contributed by atoms with Crippen molar-refractivity contribution in [3.05, 3.63) is 77.1 Å². The Morgan fingerprint density at radius 2 is 1.78 bits per heavy atom. The standard InChI is InChI=1S/C20H19F2N3O2/c1-13-18(14(2)25(24-13)16-6-4-3-5-7-16)12-23-19(26)15-8-10-17(11-9-15)27-20(21)22/h3-11,20H,12H2,1-2H3,(H,23,26). The summed E-state index contributed by atoms with van der Waals surface area (Å²) < 4.78 is 30.5. The second-order valence-corrected chi connectivity index (χ2v) is 5.98. The smallest absolute Gasteiger partial charge is 0.387 e. The lowest BCUT2D eigenvalue weighted by Gasteiger charge is -2.08. The molecule has 140 valence electrons. The van der Waals surface area contributed by atoms with Crippen molar-refractivity contribution in [2.45, 2.75) is 27.0 Å². The van der Waals surface area contributed by atoms with Crippen molar-refractivity contribution in [3.63, 3.8) is 0 Å². The largest absolute Gasteiger partial charge is 0.435 e. The van der Waals surface area contributed by atoms with E-state index in [1.165, 1.54) is 24.3 Å². The summed E-state index contributed by atoms with van der Waals surface area (Å²) in [7, 11) is 0. The highest BCUT2D eigenvalue weighted by molar-refractivity contribution is 5.94. The Morgan fingerprint density at radius 3 is 2.41 bits per heavy atom. The minimum atomic E-state index is -2.89. The summed E-state index contributed by atoms with van der Waals surface area (Å²) in [6.07, 6.45) is 0. The number of nitrogens with one attached hydrogen (secondary N) is 1. The van der Waals surface area contributed by atoms with Gasteiger partial charge in [0.25, 0.3) is 5.91 Å². The first kappa shape index (κ1) is 18.6. The molecule has 0 aliphatic rings. The molecule has 3 rings (SSSR count). The average molecular weight is 371 g/mol. The zero-order chi connectivity index (χ0) is 19.4. The maximum absolute atomic E-state index is 12.3. The summed E-state index contributed by atoms with van der Waals surface area (Å²) in [5.41, 5.74) is 4.02. The third-order valence-corrected chi connectivity index (χ3v) is 4.21. The van der Waals surface area contributed by atoms with Crippen molar-refractivity contribution in [2.75, 3.05) is 0 Å². The normalized spacial score (nSPS) is 10.9. The Bertz CT molecular complexity index is 922. The van der Waals surface area contributed by atoms with E-state index < -0.39 is 6.61 Å². The molecule has 0 spiro atoms. The highest BCUT2D eigenvalue weighted by Gasteiger charge is 2.14. The van der Waals surface area contributed by atoms with Crippen molar-refractivity contribution in [1.29, 1.82) is 0 Å². The minimum absolute atomic E-state index is 0.0115. The number of aryl methyl sites for hydroxylation is 1. The molecule has 0 saturated heterocycles. The highest BCUT2D eigenvalue weighted by atomic mass is 19.3. The number of alkyl halides is 2. The van der Waals surface area contributed by atoms with Gasteiger partial charge in [0.05, 0.1) is 11.4 Å². The molecule has 2 aromatic carbocycles. The SMILES string of the molecule is Cc1nn(-c2ccccc2)c(C)c1CNC(=O)c1ccc(OC(F)F)cc1. The van der Waals surface area contributed by atoms with E-state index in [1.54, 1.807) is 0 Å². The molecular formula is C20H19F2N3O2. The lowest BCUT2D eigenvalue weighted by Crippen LogP contribution is -2.23. The molecule has 7 heteroatoms. The Hall–Kier alpha value is -3.22. The van der Waals surface area contributed by atoms with Gasteiger partial charge in [0.1, 0.15) is 5.75 Å². The van der Waals surface area contributed by atoms with E-state index >= 15 is 0 Å². The maximum Gasteiger partial charge on any atom is 0.387 e. The fraction of sp³-hybridized carbons (Fsp3) is 0.200. The van der Waals surface area contributed by atoms with Crippen LogP contribution < -0.4 is 10.1 Å². The first-order chi connectivity index (χ1) is 13.0. The van der Waals surface area contributed by atoms with E-state index in [0.717, 1.165) is 22.6 Å². The molecule has 0 unspecified atom stereocenters. The number of benzene rings is 2. The Kier molecular flexibility index (Phi) is 5.49. The number of ether oxygens (including phenoxy) is 1. The Labute approximate surface area is 155 Å². The van der Waals surface area contributed by atoms with E-state index in [4.69, 9.17) is 0 Å². The zero-order valence-corrected chi connectivity index (χ0v) is 14.9. The molecule has 0 atom stereocenters. The van der Waals surface area contributed by atoms with Gasteiger partial charge in [-0.1, -0.05) is 18.2 Å². The third-order valence-electron chi connectivity index (χ3n) is 4.21. The molecule has 0 fully saturated rings. The Morgan fingerprint density at radius 1 is 1.11 bits per heavy atom. The van der Waals surface area contributed by atoms with Crippen LogP contribution in [-0.4, -0.2) is 22.3 Å². The van der Waals surface area contributed by atoms with Gasteiger partial charge < -0.3 is 10.1 Å². The summed E-state index contributed by atoms with van der Waals surface area (Å²) in [6, 6.07) is 15.3. The number of carbonyl (C=O) groups is 1. The number of hydrogen-bond acceptors (Lipinski definition) is 3. The van der Waals surface area contributed by atoms with Crippen molar-refractivity contribution in [2.24, 2.45) is 0 Å². The van der Waals surface area contributed by atoms with E-state index in [-0.39, 0.29) is 11.7 Å². The van der Waals surface area contributed by atoms with Crippen LogP contribution in [0.1, 0.15) is 27.3 Å². The van der Waals surface area contributed by atoms with Crippen LogP contribution >= 0.6 is 0 Å². The Balaban J connectivity index is 1.70. The molecule has 0 aliphatic carbocycles. The molecule has 1 heterocycles. The molecular weight excluding hydrogens is 352 g/mol. The summed E-state index contributed by atoms with van der Waals surface area (Å²) in [4.78, 5) is 12.3. The molecule has 1 N–H and O–H groups in total. The summed E-state index contributed by atoms with van der Waals surface area (Å²) in [5, 5.41) is 7.39. The van der Waals surface area contributed by atoms with Gasteiger partial charge >= 0.3 is 6.61 Å². The number of hydrogen-bond donors (Lipinski definition) is 1. The molecule has 0 bridgehead atoms. The summed E-state index contributed by atoms with van der Waals surface area (Å²) in [6.45, 7) is 1.27. The van der Waals surface area contributed by atoms with Crippen LogP contribution in [0.3, 0.4) is 0 Å². The lowest BCUT2D eigenvalue weighted by atomic mass is 10.1. The van der Waals surface area contributed by atoms with Crippen molar-refractivity contribution >= 4 is 5.91 Å². The van der Waals surface area contributed by atoms with Crippen molar-refractivity contribution in [3.8, 4) is 11.4 Å². The van der Waals surface area contributed by atoms with Gasteiger partial charge in [-0.15, -0.1) is 0 Å². The predicted molar refractivity (Wildman–Crippen MR) is 97.3 cm³/mol. The molecule has 5 nitrogen and oxygen atoms in total. The molecule has 1 aromatic heterocycles. The van der Waals surface area contributed by atoms with E-state index in [0.29, 0.717) is 12.1 Å². The van der Waals surface area contributed by atoms with Crippen LogP contribution in [0.15, 0.2) is 54.6 Å². The minimum Gasteiger partial charge on any atom is -0.435 e. The number of para-hydroxylation sites is 1. The van der Waals surface area contributed by atoms with Crippen molar-refractivity contribution in [1.82, 2.24) is 15.1 Å². The van der Waals surface area contributed by atoms with Gasteiger partial charge in [-0.25, -0.2) is 4.68 Å². The second kappa shape index (κ2) is 7.99. The van der Waals surface area contributed by atoms with Crippen LogP contribution in [0.5, 0.6) is 5.75 Å². The molecule has 27 heavy (non-hydrogen) atoms. The topological polar surface area (TPSA) is 56.2 Å². The van der Waals surface area contributed by atoms with E-state index in [1.807, 2.05) is 48.9 Å². The number of amides is 1. The second-order valence-electron chi connectivity index (χ2n) is 5.98. The van der Waals surface area contributed by atoms with Crippen LogP contribution in [0.2, 0.25) is 0 Å². The number of nitrogens with zero attached hydrogens (tertiary/aromatic N) is 2. The van der Waals surface area contributed by atoms with Gasteiger partial charge in [0.2, 0.25) is 0 Å². The summed E-state index contributed by atoms with van der Waals surface area (Å²) in [5.74, 6) is -0.290. The van der Waals surface area contributed by atoms with Gasteiger partial charge in [-0.05, 0) is 50.2 Å². The number of carbonyl (C=O) groups excluding carboxylic acids is 1. The van der Waals surface area contributed by atoms with Gasteiger partial charge in [0, 0.05) is 23.4 Å². The molecule has 1 amide bonds. The lowest BCUT2D eigenvalue weighted by molar-refractivity contribution is -0.0498. The van der Waals surface area contributed by atoms with Crippen LogP contribution in [-0.2, 0) is 6.54 Å². The quantitative estimate of drug-likeness (QED) is 0.712. The highest BCUT2D eigenvalue weighted by Crippen LogP contribution is 2.18. The first-order valence-corrected chi connectivity index (χ1v) is 8.39. The number of halogens is 2. The first-order valence-electron chi connectivity index (χ1n) is 8.39. The third kappa shape index (κ3) is 4.31. The summed E-state index contributed by atoms with van der Waals surface area (Å²) >= 11 is 0. The van der Waals surface area contributed by atoms with E-state index in [9.17, 15) is 13.6 Å². The molecule has 0 saturated carbocycles. The average Bonchev–Trinajstić information content (AvgIpc) is 2.94. The van der Waals surface area contributed by atoms with Crippen molar-refractivity contribution < 1.29 is 18.3 Å². The fourth-order valence-corrected chi connectivity index (χ4v) is 2.81. The molecule has 0 aliphatic heterocycles. The van der Waals surface area contributed by atoms with Crippen LogP contribution in [0.25, 0.3) is 5.69 Å². The number of aromatic nitrogens is 2. The number of rotatable bonds is 6. The van der Waals surface area contributed by atoms with E-state index in [2.05, 4.69) is 15.2 Å². The van der Waals surface area contributed by atoms with Crippen LogP contribution in [0.4, 0.5) is 8.78 Å². The van der Waals surface area contributed by atoms with Gasteiger partial charge in [-0.2, -0.15) is 13.9 Å².